The van der Waals surface area contributed by atoms with Gasteiger partial charge in [-0.25, -0.2) is 0 Å². The Hall–Kier alpha value is -1.22. The molecule has 1 aromatic rings. The van der Waals surface area contributed by atoms with E-state index in [1.165, 1.54) is 0 Å². The van der Waals surface area contributed by atoms with Gasteiger partial charge in [-0.1, -0.05) is 12.1 Å². The van der Waals surface area contributed by atoms with E-state index >= 15 is 0 Å². The highest BCUT2D eigenvalue weighted by molar-refractivity contribution is 6.54. The molecule has 72 valence electrons. The Morgan fingerprint density at radius 1 is 1.15 bits per heavy atom. The van der Waals surface area contributed by atoms with Crippen molar-refractivity contribution in [3.05, 3.63) is 24.3 Å². The molecule has 0 heterocycles. The smallest absolute Gasteiger partial charge is 0.208 e. The van der Waals surface area contributed by atoms with Gasteiger partial charge in [0, 0.05) is 0 Å². The molecule has 0 unspecified atom stereocenters. The lowest BCUT2D eigenvalue weighted by atomic mass is 10.3. The molecule has 0 aliphatic rings. The molecule has 4 heteroatoms. The Morgan fingerprint density at radius 3 is 1.69 bits per heavy atom. The van der Waals surface area contributed by atoms with Crippen LogP contribution in [0.2, 0.25) is 0 Å². The van der Waals surface area contributed by atoms with Crippen LogP contribution in [0.25, 0.3) is 0 Å². The number of hydrogen-bond donors (Lipinski definition) is 0. The Labute approximate surface area is 82.2 Å². The minimum atomic E-state index is 0.222. The van der Waals surface area contributed by atoms with Crippen molar-refractivity contribution in [2.24, 2.45) is 0 Å². The highest BCUT2D eigenvalue weighted by Crippen LogP contribution is 2.24. The van der Waals surface area contributed by atoms with E-state index in [4.69, 9.17) is 14.3 Å². The van der Waals surface area contributed by atoms with Gasteiger partial charge in [0.15, 0.2) is 11.5 Å². The summed E-state index contributed by atoms with van der Waals surface area (Å²) in [4.78, 5) is 8.57. The van der Waals surface area contributed by atoms with Crippen molar-refractivity contribution < 1.29 is 14.3 Å². The van der Waals surface area contributed by atoms with E-state index in [0.717, 1.165) is 11.5 Å². The molecule has 0 amide bonds. The van der Waals surface area contributed by atoms with Crippen molar-refractivity contribution in [2.75, 3.05) is 14.2 Å². The quantitative estimate of drug-likeness (QED) is 0.545. The average molecular weight is 203 g/mol. The summed E-state index contributed by atoms with van der Waals surface area (Å²) in [6.07, 6.45) is 0. The van der Waals surface area contributed by atoms with Crippen molar-refractivity contribution in [1.82, 2.24) is 0 Å². The summed E-state index contributed by atoms with van der Waals surface area (Å²) >= 11 is 4.32. The van der Waals surface area contributed by atoms with Gasteiger partial charge in [-0.15, -0.1) is 0 Å². The second-order valence-corrected chi connectivity index (χ2v) is 2.12. The maximum Gasteiger partial charge on any atom is 0.208 e. The summed E-state index contributed by atoms with van der Waals surface area (Å²) < 4.78 is 10.0. The van der Waals surface area contributed by atoms with Gasteiger partial charge in [0.2, 0.25) is 5.75 Å². The van der Waals surface area contributed by atoms with Crippen LogP contribution in [0, 0.1) is 0 Å². The fourth-order valence-electron chi connectivity index (χ4n) is 0.787. The normalized spacial score (nSPS) is 7.92. The van der Waals surface area contributed by atoms with E-state index in [1.54, 1.807) is 14.2 Å². The second kappa shape index (κ2) is 7.43. The van der Waals surface area contributed by atoms with E-state index in [1.807, 2.05) is 24.3 Å². The third kappa shape index (κ3) is 4.38. The standard InChI is InChI=1S/C8H10O2.CHClO/c1-9-7-5-3-4-6-8(7)10-2;2-1-3/h3-6H,1-2H3;1H. The Balaban J connectivity index is 0.000000424. The zero-order valence-electron chi connectivity index (χ0n) is 7.49. The number of hydrogen-bond acceptors (Lipinski definition) is 3. The lowest BCUT2D eigenvalue weighted by Crippen LogP contribution is -1.88. The second-order valence-electron chi connectivity index (χ2n) is 1.94. The van der Waals surface area contributed by atoms with Crippen LogP contribution in [-0.4, -0.2) is 20.0 Å². The number of carbonyl (C=O) groups is 1. The predicted molar refractivity (Wildman–Crippen MR) is 52.1 cm³/mol. The number of benzene rings is 1. The van der Waals surface area contributed by atoms with Crippen LogP contribution in [0.5, 0.6) is 11.5 Å². The highest BCUT2D eigenvalue weighted by Gasteiger charge is 1.97. The molecule has 0 aliphatic heterocycles. The van der Waals surface area contributed by atoms with Crippen molar-refractivity contribution >= 4 is 17.3 Å². The first-order valence-electron chi connectivity index (χ1n) is 3.51. The molecule has 1 rings (SSSR count). The highest BCUT2D eigenvalue weighted by atomic mass is 35.5. The molecule has 0 saturated heterocycles. The topological polar surface area (TPSA) is 35.5 Å². The van der Waals surface area contributed by atoms with E-state index < -0.39 is 0 Å². The van der Waals surface area contributed by atoms with Gasteiger partial charge < -0.3 is 9.47 Å². The zero-order chi connectivity index (χ0) is 10.1. The summed E-state index contributed by atoms with van der Waals surface area (Å²) in [5.41, 5.74) is 0. The lowest BCUT2D eigenvalue weighted by Gasteiger charge is -2.04. The molecule has 0 aromatic heterocycles. The third-order valence-electron chi connectivity index (χ3n) is 1.29. The summed E-state index contributed by atoms with van der Waals surface area (Å²) in [7, 11) is 3.25. The molecular weight excluding hydrogens is 192 g/mol. The van der Waals surface area contributed by atoms with Crippen molar-refractivity contribution in [2.45, 2.75) is 0 Å². The molecule has 0 saturated carbocycles. The Kier molecular flexibility index (Phi) is 6.73. The monoisotopic (exact) mass is 202 g/mol. The van der Waals surface area contributed by atoms with E-state index in [2.05, 4.69) is 11.6 Å². The summed E-state index contributed by atoms with van der Waals surface area (Å²) in [6, 6.07) is 7.53. The van der Waals surface area contributed by atoms with Crippen LogP contribution < -0.4 is 9.47 Å². The molecular formula is C9H11ClO3. The molecule has 0 aliphatic carbocycles. The third-order valence-corrected chi connectivity index (χ3v) is 1.29. The summed E-state index contributed by atoms with van der Waals surface area (Å²) in [6.45, 7) is 0. The van der Waals surface area contributed by atoms with Crippen LogP contribution in [-0.2, 0) is 4.79 Å². The fraction of sp³-hybridized carbons (Fsp3) is 0.222. The largest absolute Gasteiger partial charge is 0.493 e. The first-order chi connectivity index (χ1) is 6.29. The zero-order valence-corrected chi connectivity index (χ0v) is 8.25. The average Bonchev–Trinajstić information content (AvgIpc) is 2.19. The SMILES string of the molecule is COc1ccccc1OC.O=CCl. The molecule has 0 N–H and O–H groups in total. The molecule has 1 aromatic carbocycles. The Morgan fingerprint density at radius 2 is 1.46 bits per heavy atom. The Bertz CT molecular complexity index is 227. The van der Waals surface area contributed by atoms with Gasteiger partial charge in [-0.2, -0.15) is 0 Å². The maximum atomic E-state index is 8.57. The molecule has 3 nitrogen and oxygen atoms in total. The van der Waals surface area contributed by atoms with Crippen molar-refractivity contribution in [3.8, 4) is 11.5 Å². The molecule has 0 fully saturated rings. The number of methoxy groups -OCH3 is 2. The van der Waals surface area contributed by atoms with Crippen LogP contribution in [0.15, 0.2) is 24.3 Å². The minimum absolute atomic E-state index is 0.222. The van der Waals surface area contributed by atoms with Crippen LogP contribution in [0.4, 0.5) is 0 Å². The van der Waals surface area contributed by atoms with Crippen LogP contribution in [0.1, 0.15) is 0 Å². The molecule has 0 radical (unpaired) electrons. The van der Waals surface area contributed by atoms with Gasteiger partial charge in [0.05, 0.1) is 14.2 Å². The van der Waals surface area contributed by atoms with Gasteiger partial charge >= 0.3 is 0 Å². The molecule has 0 spiro atoms. The van der Waals surface area contributed by atoms with Gasteiger partial charge in [-0.05, 0) is 23.7 Å². The first kappa shape index (κ1) is 11.8. The molecule has 0 atom stereocenters. The van der Waals surface area contributed by atoms with Crippen LogP contribution in [0.3, 0.4) is 0 Å². The molecule has 13 heavy (non-hydrogen) atoms. The summed E-state index contributed by atoms with van der Waals surface area (Å²) in [5.74, 6) is 1.76. The van der Waals surface area contributed by atoms with Crippen molar-refractivity contribution in [3.63, 3.8) is 0 Å². The predicted octanol–water partition coefficient (Wildman–Crippen LogP) is 2.12. The van der Waals surface area contributed by atoms with E-state index in [9.17, 15) is 0 Å². The van der Waals surface area contributed by atoms with E-state index in [-0.39, 0.29) is 5.75 Å². The maximum absolute atomic E-state index is 8.57. The van der Waals surface area contributed by atoms with Gasteiger partial charge in [-0.3, -0.25) is 4.79 Å². The summed E-state index contributed by atoms with van der Waals surface area (Å²) in [5, 5.41) is 0. The number of carbonyl (C=O) groups excluding carboxylic acids is 1. The lowest BCUT2D eigenvalue weighted by molar-refractivity contribution is 0.355. The minimum Gasteiger partial charge on any atom is -0.493 e. The molecule has 0 bridgehead atoms. The number of ether oxygens (including phenoxy) is 2. The van der Waals surface area contributed by atoms with Crippen molar-refractivity contribution in [1.29, 1.82) is 0 Å². The number of para-hydroxylation sites is 2. The van der Waals surface area contributed by atoms with Crippen LogP contribution >= 0.6 is 11.6 Å². The fourth-order valence-corrected chi connectivity index (χ4v) is 0.787. The first-order valence-corrected chi connectivity index (χ1v) is 3.94. The number of halogens is 1. The van der Waals surface area contributed by atoms with Gasteiger partial charge in [0.1, 0.15) is 0 Å². The van der Waals surface area contributed by atoms with Gasteiger partial charge in [0.25, 0.3) is 0 Å². The number of rotatable bonds is 2. The van der Waals surface area contributed by atoms with E-state index in [0.29, 0.717) is 0 Å².